The summed E-state index contributed by atoms with van der Waals surface area (Å²) < 4.78 is 21.1. The predicted molar refractivity (Wildman–Crippen MR) is 119 cm³/mol. The summed E-state index contributed by atoms with van der Waals surface area (Å²) in [7, 11) is 0. The fourth-order valence-electron chi connectivity index (χ4n) is 3.30. The largest absolute Gasteiger partial charge is 0.486 e. The van der Waals surface area contributed by atoms with Crippen LogP contribution in [0.3, 0.4) is 0 Å². The second kappa shape index (κ2) is 9.14. The molecule has 0 bridgehead atoms. The maximum absolute atomic E-state index is 13.7. The smallest absolute Gasteiger partial charge is 0.261 e. The summed E-state index contributed by atoms with van der Waals surface area (Å²) in [6.07, 6.45) is 0. The lowest BCUT2D eigenvalue weighted by Crippen LogP contribution is -2.22. The van der Waals surface area contributed by atoms with E-state index in [1.165, 1.54) is 17.4 Å². The molecule has 0 aliphatic heterocycles. The van der Waals surface area contributed by atoms with Crippen LogP contribution in [0.4, 0.5) is 4.39 Å². The summed E-state index contributed by atoms with van der Waals surface area (Å²) >= 11 is 1.34. The van der Waals surface area contributed by atoms with Gasteiger partial charge in [-0.1, -0.05) is 30.3 Å². The number of halogens is 1. The third-order valence-electron chi connectivity index (χ3n) is 4.98. The fourth-order valence-corrected chi connectivity index (χ4v) is 4.11. The zero-order valence-corrected chi connectivity index (χ0v) is 18.1. The van der Waals surface area contributed by atoms with Gasteiger partial charge < -0.3 is 10.1 Å². The number of rotatable bonds is 7. The van der Waals surface area contributed by atoms with Gasteiger partial charge in [-0.2, -0.15) is 5.10 Å². The number of aryl methyl sites for hydroxylation is 1. The van der Waals surface area contributed by atoms with Crippen LogP contribution in [0.1, 0.15) is 32.2 Å². The lowest BCUT2D eigenvalue weighted by Gasteiger charge is -2.07. The first-order chi connectivity index (χ1) is 15.0. The summed E-state index contributed by atoms with van der Waals surface area (Å²) in [4.78, 5) is 13.2. The van der Waals surface area contributed by atoms with E-state index in [9.17, 15) is 9.18 Å². The third kappa shape index (κ3) is 4.67. The summed E-state index contributed by atoms with van der Waals surface area (Å²) in [5.74, 6) is -0.369. The minimum Gasteiger partial charge on any atom is -0.486 e. The fraction of sp³-hybridized carbons (Fsp3) is 0.167. The Hall–Kier alpha value is -3.45. The van der Waals surface area contributed by atoms with E-state index in [1.807, 2.05) is 54.2 Å². The molecule has 2 aromatic heterocycles. The Morgan fingerprint density at radius 3 is 2.65 bits per heavy atom. The second-order valence-corrected chi connectivity index (χ2v) is 8.03. The number of hydrogen-bond acceptors (Lipinski definition) is 4. The van der Waals surface area contributed by atoms with E-state index in [2.05, 4.69) is 10.4 Å². The van der Waals surface area contributed by atoms with Crippen LogP contribution in [0.25, 0.3) is 5.69 Å². The van der Waals surface area contributed by atoms with Gasteiger partial charge in [0.05, 0.1) is 16.3 Å². The van der Waals surface area contributed by atoms with Crippen LogP contribution in [-0.2, 0) is 13.2 Å². The van der Waals surface area contributed by atoms with Crippen molar-refractivity contribution in [1.82, 2.24) is 15.1 Å². The maximum atomic E-state index is 13.7. The molecule has 0 radical (unpaired) electrons. The average Bonchev–Trinajstić information content (AvgIpc) is 3.37. The number of aromatic nitrogens is 2. The van der Waals surface area contributed by atoms with Gasteiger partial charge in [0.15, 0.2) is 11.6 Å². The molecule has 0 fully saturated rings. The summed E-state index contributed by atoms with van der Waals surface area (Å²) in [5.41, 5.74) is 4.68. The van der Waals surface area contributed by atoms with E-state index in [-0.39, 0.29) is 18.3 Å². The SMILES string of the molecule is Cc1nn(-c2ccccc2)c(C)c1CNC(=O)c1cc(COc2ccccc2F)cs1. The standard InChI is InChI=1S/C24H22FN3O2S/c1-16-20(17(2)28(27-16)19-8-4-3-5-9-19)13-26-24(29)23-12-18(15-31-23)14-30-22-11-7-6-10-21(22)25/h3-12,15H,13-14H2,1-2H3,(H,26,29). The molecule has 0 unspecified atom stereocenters. The minimum atomic E-state index is -0.405. The minimum absolute atomic E-state index is 0.159. The number of nitrogens with one attached hydrogen (secondary N) is 1. The number of hydrogen-bond donors (Lipinski definition) is 1. The first kappa shape index (κ1) is 20.8. The zero-order chi connectivity index (χ0) is 21.8. The molecule has 2 heterocycles. The van der Waals surface area contributed by atoms with Gasteiger partial charge in [-0.3, -0.25) is 4.79 Å². The quantitative estimate of drug-likeness (QED) is 0.434. The first-order valence-corrected chi connectivity index (χ1v) is 10.7. The summed E-state index contributed by atoms with van der Waals surface area (Å²) in [5, 5.41) is 9.44. The predicted octanol–water partition coefficient (Wildman–Crippen LogP) is 5.20. The van der Waals surface area contributed by atoms with E-state index in [4.69, 9.17) is 4.74 Å². The van der Waals surface area contributed by atoms with Crippen LogP contribution in [0.5, 0.6) is 5.75 Å². The van der Waals surface area contributed by atoms with Crippen LogP contribution in [0, 0.1) is 19.7 Å². The van der Waals surface area contributed by atoms with Crippen LogP contribution < -0.4 is 10.1 Å². The van der Waals surface area contributed by atoms with Crippen molar-refractivity contribution in [3.63, 3.8) is 0 Å². The topological polar surface area (TPSA) is 56.2 Å². The van der Waals surface area contributed by atoms with Gasteiger partial charge >= 0.3 is 0 Å². The van der Waals surface area contributed by atoms with Crippen molar-refractivity contribution in [2.45, 2.75) is 27.0 Å². The van der Waals surface area contributed by atoms with Crippen molar-refractivity contribution in [3.05, 3.63) is 99.3 Å². The monoisotopic (exact) mass is 435 g/mol. The Labute approximate surface area is 184 Å². The highest BCUT2D eigenvalue weighted by Crippen LogP contribution is 2.21. The summed E-state index contributed by atoms with van der Waals surface area (Å²) in [6.45, 7) is 4.53. The van der Waals surface area contributed by atoms with E-state index >= 15 is 0 Å². The van der Waals surface area contributed by atoms with Crippen LogP contribution in [0.2, 0.25) is 0 Å². The number of benzene rings is 2. The number of carbonyl (C=O) groups excluding carboxylic acids is 1. The van der Waals surface area contributed by atoms with Gasteiger partial charge in [-0.15, -0.1) is 11.3 Å². The Bertz CT molecular complexity index is 1200. The number of carbonyl (C=O) groups is 1. The zero-order valence-electron chi connectivity index (χ0n) is 17.3. The molecular weight excluding hydrogens is 413 g/mol. The van der Waals surface area contributed by atoms with Gasteiger partial charge in [0.2, 0.25) is 0 Å². The van der Waals surface area contributed by atoms with Gasteiger partial charge in [0.1, 0.15) is 6.61 Å². The van der Waals surface area contributed by atoms with E-state index in [1.54, 1.807) is 24.3 Å². The van der Waals surface area contributed by atoms with Gasteiger partial charge in [-0.25, -0.2) is 9.07 Å². The molecule has 31 heavy (non-hydrogen) atoms. The molecular formula is C24H22FN3O2S. The van der Waals surface area contributed by atoms with Crippen molar-refractivity contribution in [2.24, 2.45) is 0 Å². The molecule has 2 aromatic carbocycles. The molecule has 0 saturated carbocycles. The van der Waals surface area contributed by atoms with Gasteiger partial charge in [-0.05, 0) is 49.6 Å². The Morgan fingerprint density at radius 1 is 1.13 bits per heavy atom. The molecule has 1 amide bonds. The molecule has 4 rings (SSSR count). The Kier molecular flexibility index (Phi) is 6.13. The summed E-state index contributed by atoms with van der Waals surface area (Å²) in [6, 6.07) is 17.9. The molecule has 0 aliphatic carbocycles. The van der Waals surface area contributed by atoms with Crippen LogP contribution in [0.15, 0.2) is 66.0 Å². The van der Waals surface area contributed by atoms with E-state index < -0.39 is 5.82 Å². The van der Waals surface area contributed by atoms with Gasteiger partial charge in [0.25, 0.3) is 5.91 Å². The van der Waals surface area contributed by atoms with Crippen molar-refractivity contribution in [3.8, 4) is 11.4 Å². The lowest BCUT2D eigenvalue weighted by molar-refractivity contribution is 0.0955. The average molecular weight is 436 g/mol. The van der Waals surface area contributed by atoms with Crippen molar-refractivity contribution in [1.29, 1.82) is 0 Å². The maximum Gasteiger partial charge on any atom is 0.261 e. The number of amides is 1. The first-order valence-electron chi connectivity index (χ1n) is 9.86. The second-order valence-electron chi connectivity index (χ2n) is 7.12. The molecule has 0 saturated heterocycles. The molecule has 1 N–H and O–H groups in total. The highest BCUT2D eigenvalue weighted by molar-refractivity contribution is 7.12. The molecule has 7 heteroatoms. The van der Waals surface area contributed by atoms with Crippen molar-refractivity contribution >= 4 is 17.2 Å². The van der Waals surface area contributed by atoms with E-state index in [0.29, 0.717) is 11.4 Å². The highest BCUT2D eigenvalue weighted by atomic mass is 32.1. The van der Waals surface area contributed by atoms with Gasteiger partial charge in [0, 0.05) is 23.4 Å². The Balaban J connectivity index is 1.39. The lowest BCUT2D eigenvalue weighted by atomic mass is 10.2. The molecule has 0 spiro atoms. The van der Waals surface area contributed by atoms with Crippen LogP contribution >= 0.6 is 11.3 Å². The van der Waals surface area contributed by atoms with Crippen molar-refractivity contribution < 1.29 is 13.9 Å². The Morgan fingerprint density at radius 2 is 1.87 bits per heavy atom. The number of ether oxygens (including phenoxy) is 1. The third-order valence-corrected chi connectivity index (χ3v) is 5.95. The molecule has 158 valence electrons. The van der Waals surface area contributed by atoms with Crippen LogP contribution in [-0.4, -0.2) is 15.7 Å². The molecule has 5 nitrogen and oxygen atoms in total. The normalized spacial score (nSPS) is 10.8. The van der Waals surface area contributed by atoms with Crippen molar-refractivity contribution in [2.75, 3.05) is 0 Å². The molecule has 4 aromatic rings. The number of nitrogens with zero attached hydrogens (tertiary/aromatic N) is 2. The number of para-hydroxylation sites is 2. The number of thiophene rings is 1. The molecule has 0 aliphatic rings. The van der Waals surface area contributed by atoms with E-state index in [0.717, 1.165) is 28.2 Å². The highest BCUT2D eigenvalue weighted by Gasteiger charge is 2.15. The molecule has 0 atom stereocenters.